The smallest absolute Gasteiger partial charge is 0.260 e. The molecule has 2 heterocycles. The van der Waals surface area contributed by atoms with E-state index in [-0.39, 0.29) is 12.5 Å². The highest BCUT2D eigenvalue weighted by molar-refractivity contribution is 5.78. The number of piperidine rings is 1. The van der Waals surface area contributed by atoms with Crippen molar-refractivity contribution in [2.45, 2.75) is 19.3 Å². The third kappa shape index (κ3) is 3.71. The predicted octanol–water partition coefficient (Wildman–Crippen LogP) is 1.91. The standard InChI is InChI=1S/C17H24N2O3/c20-17(19-10-12-21-13-11-19)14-22-16-7-3-2-6-15(16)18-8-4-1-5-9-18/h2-3,6-7H,1,4-5,8-14H2. The zero-order valence-electron chi connectivity index (χ0n) is 13.0. The summed E-state index contributed by atoms with van der Waals surface area (Å²) >= 11 is 0. The first kappa shape index (κ1) is 15.2. The second-order valence-corrected chi connectivity index (χ2v) is 5.80. The SMILES string of the molecule is O=C(COc1ccccc1N1CCCCC1)N1CCOCC1. The van der Waals surface area contributed by atoms with Gasteiger partial charge in [0.25, 0.3) is 5.91 Å². The van der Waals surface area contributed by atoms with Crippen molar-refractivity contribution in [1.82, 2.24) is 4.90 Å². The van der Waals surface area contributed by atoms with Crippen LogP contribution in [0, 0.1) is 0 Å². The Hall–Kier alpha value is -1.75. The largest absolute Gasteiger partial charge is 0.482 e. The number of morpholine rings is 1. The number of ether oxygens (including phenoxy) is 2. The molecule has 22 heavy (non-hydrogen) atoms. The normalized spacial score (nSPS) is 19.1. The van der Waals surface area contributed by atoms with E-state index in [9.17, 15) is 4.79 Å². The van der Waals surface area contributed by atoms with Gasteiger partial charge in [0, 0.05) is 26.2 Å². The highest BCUT2D eigenvalue weighted by Gasteiger charge is 2.19. The monoisotopic (exact) mass is 304 g/mol. The number of anilines is 1. The van der Waals surface area contributed by atoms with E-state index in [1.807, 2.05) is 23.1 Å². The minimum Gasteiger partial charge on any atom is -0.482 e. The number of nitrogens with zero attached hydrogens (tertiary/aromatic N) is 2. The highest BCUT2D eigenvalue weighted by atomic mass is 16.5. The average Bonchev–Trinajstić information content (AvgIpc) is 2.61. The molecule has 0 N–H and O–H groups in total. The van der Waals surface area contributed by atoms with E-state index in [0.717, 1.165) is 24.5 Å². The fraction of sp³-hybridized carbons (Fsp3) is 0.588. The summed E-state index contributed by atoms with van der Waals surface area (Å²) < 4.78 is 11.1. The zero-order valence-corrected chi connectivity index (χ0v) is 13.0. The molecule has 0 atom stereocenters. The van der Waals surface area contributed by atoms with Gasteiger partial charge in [-0.3, -0.25) is 4.79 Å². The Morgan fingerprint density at radius 1 is 1.05 bits per heavy atom. The molecular weight excluding hydrogens is 280 g/mol. The molecule has 5 heteroatoms. The predicted molar refractivity (Wildman–Crippen MR) is 85.4 cm³/mol. The lowest BCUT2D eigenvalue weighted by Crippen LogP contribution is -2.43. The van der Waals surface area contributed by atoms with Crippen molar-refractivity contribution in [2.75, 3.05) is 50.9 Å². The maximum absolute atomic E-state index is 12.2. The molecular formula is C17H24N2O3. The molecule has 2 saturated heterocycles. The highest BCUT2D eigenvalue weighted by Crippen LogP contribution is 2.30. The number of rotatable bonds is 4. The van der Waals surface area contributed by atoms with E-state index >= 15 is 0 Å². The van der Waals surface area contributed by atoms with Gasteiger partial charge in [-0.15, -0.1) is 0 Å². The molecule has 2 aliphatic rings. The molecule has 5 nitrogen and oxygen atoms in total. The summed E-state index contributed by atoms with van der Waals surface area (Å²) in [5, 5.41) is 0. The van der Waals surface area contributed by atoms with Crippen LogP contribution in [0.4, 0.5) is 5.69 Å². The number of hydrogen-bond donors (Lipinski definition) is 0. The Balaban J connectivity index is 1.60. The Morgan fingerprint density at radius 3 is 2.55 bits per heavy atom. The first-order valence-electron chi connectivity index (χ1n) is 8.17. The van der Waals surface area contributed by atoms with E-state index in [0.29, 0.717) is 26.3 Å². The molecule has 1 amide bonds. The lowest BCUT2D eigenvalue weighted by molar-refractivity contribution is -0.137. The number of carbonyl (C=O) groups excluding carboxylic acids is 1. The quantitative estimate of drug-likeness (QED) is 0.852. The van der Waals surface area contributed by atoms with Crippen LogP contribution >= 0.6 is 0 Å². The molecule has 0 aliphatic carbocycles. The van der Waals surface area contributed by atoms with Gasteiger partial charge >= 0.3 is 0 Å². The van der Waals surface area contributed by atoms with Crippen molar-refractivity contribution >= 4 is 11.6 Å². The molecule has 0 aromatic heterocycles. The van der Waals surface area contributed by atoms with Crippen LogP contribution in [0.5, 0.6) is 5.75 Å². The number of hydrogen-bond acceptors (Lipinski definition) is 4. The summed E-state index contributed by atoms with van der Waals surface area (Å²) in [5.74, 6) is 0.850. The van der Waals surface area contributed by atoms with Crippen LogP contribution in [-0.2, 0) is 9.53 Å². The first-order chi connectivity index (χ1) is 10.8. The molecule has 1 aromatic carbocycles. The summed E-state index contributed by atoms with van der Waals surface area (Å²) in [4.78, 5) is 16.4. The van der Waals surface area contributed by atoms with Crippen molar-refractivity contribution in [3.05, 3.63) is 24.3 Å². The molecule has 0 saturated carbocycles. The van der Waals surface area contributed by atoms with Crippen molar-refractivity contribution in [3.8, 4) is 5.75 Å². The Kier molecular flexibility index (Phi) is 5.16. The molecule has 2 fully saturated rings. The fourth-order valence-electron chi connectivity index (χ4n) is 3.02. The van der Waals surface area contributed by atoms with Crippen LogP contribution in [0.25, 0.3) is 0 Å². The first-order valence-corrected chi connectivity index (χ1v) is 8.17. The van der Waals surface area contributed by atoms with Gasteiger partial charge in [-0.1, -0.05) is 12.1 Å². The molecule has 120 valence electrons. The van der Waals surface area contributed by atoms with Gasteiger partial charge in [0.15, 0.2) is 6.61 Å². The maximum atomic E-state index is 12.2. The van der Waals surface area contributed by atoms with Crippen LogP contribution in [0.2, 0.25) is 0 Å². The van der Waals surface area contributed by atoms with E-state index in [4.69, 9.17) is 9.47 Å². The second kappa shape index (κ2) is 7.49. The topological polar surface area (TPSA) is 42.0 Å². The van der Waals surface area contributed by atoms with Gasteiger partial charge in [0.2, 0.25) is 0 Å². The third-order valence-corrected chi connectivity index (χ3v) is 4.28. The van der Waals surface area contributed by atoms with Crippen LogP contribution in [0.1, 0.15) is 19.3 Å². The molecule has 2 aliphatic heterocycles. The van der Waals surface area contributed by atoms with Crippen molar-refractivity contribution < 1.29 is 14.3 Å². The molecule has 0 bridgehead atoms. The maximum Gasteiger partial charge on any atom is 0.260 e. The van der Waals surface area contributed by atoms with Gasteiger partial charge in [-0.05, 0) is 31.4 Å². The van der Waals surface area contributed by atoms with Gasteiger partial charge in [0.05, 0.1) is 18.9 Å². The van der Waals surface area contributed by atoms with Gasteiger partial charge in [-0.25, -0.2) is 0 Å². The van der Waals surface area contributed by atoms with E-state index < -0.39 is 0 Å². The van der Waals surface area contributed by atoms with Crippen molar-refractivity contribution in [3.63, 3.8) is 0 Å². The lowest BCUT2D eigenvalue weighted by atomic mass is 10.1. The van der Waals surface area contributed by atoms with Crippen LogP contribution in [0.15, 0.2) is 24.3 Å². The number of amides is 1. The number of benzene rings is 1. The molecule has 0 radical (unpaired) electrons. The van der Waals surface area contributed by atoms with Crippen LogP contribution < -0.4 is 9.64 Å². The Morgan fingerprint density at radius 2 is 1.77 bits per heavy atom. The van der Waals surface area contributed by atoms with Gasteiger partial charge in [0.1, 0.15) is 5.75 Å². The summed E-state index contributed by atoms with van der Waals surface area (Å²) in [6.45, 7) is 4.80. The minimum absolute atomic E-state index is 0.0387. The summed E-state index contributed by atoms with van der Waals surface area (Å²) in [5.41, 5.74) is 1.11. The van der Waals surface area contributed by atoms with Crippen molar-refractivity contribution in [2.24, 2.45) is 0 Å². The third-order valence-electron chi connectivity index (χ3n) is 4.28. The van der Waals surface area contributed by atoms with E-state index in [1.54, 1.807) is 0 Å². The summed E-state index contributed by atoms with van der Waals surface area (Å²) in [6, 6.07) is 8.03. The van der Waals surface area contributed by atoms with E-state index in [1.165, 1.54) is 19.3 Å². The second-order valence-electron chi connectivity index (χ2n) is 5.80. The Labute approximate surface area is 131 Å². The van der Waals surface area contributed by atoms with Crippen LogP contribution in [-0.4, -0.2) is 56.8 Å². The Bertz CT molecular complexity index is 494. The molecule has 0 unspecified atom stereocenters. The summed E-state index contributed by atoms with van der Waals surface area (Å²) in [6.07, 6.45) is 3.75. The average molecular weight is 304 g/mol. The lowest BCUT2D eigenvalue weighted by Gasteiger charge is -2.30. The van der Waals surface area contributed by atoms with Gasteiger partial charge in [-0.2, -0.15) is 0 Å². The molecule has 0 spiro atoms. The molecule has 1 aromatic rings. The number of carbonyl (C=O) groups is 1. The number of para-hydroxylation sites is 2. The van der Waals surface area contributed by atoms with Crippen LogP contribution in [0.3, 0.4) is 0 Å². The zero-order chi connectivity index (χ0) is 15.2. The molecule has 3 rings (SSSR count). The van der Waals surface area contributed by atoms with E-state index in [2.05, 4.69) is 11.0 Å². The van der Waals surface area contributed by atoms with Crippen molar-refractivity contribution in [1.29, 1.82) is 0 Å². The minimum atomic E-state index is 0.0387. The summed E-state index contributed by atoms with van der Waals surface area (Å²) in [7, 11) is 0. The van der Waals surface area contributed by atoms with Gasteiger partial charge < -0.3 is 19.3 Å². The fourth-order valence-corrected chi connectivity index (χ4v) is 3.02.